The van der Waals surface area contributed by atoms with Crippen molar-refractivity contribution in [3.05, 3.63) is 48.0 Å². The van der Waals surface area contributed by atoms with Crippen molar-refractivity contribution in [2.24, 2.45) is 0 Å². The van der Waals surface area contributed by atoms with Gasteiger partial charge in [-0.25, -0.2) is 9.78 Å². The van der Waals surface area contributed by atoms with Gasteiger partial charge in [0.25, 0.3) is 0 Å². The Labute approximate surface area is 150 Å². The number of hydrogen-bond donors (Lipinski definition) is 2. The van der Waals surface area contributed by atoms with Gasteiger partial charge >= 0.3 is 6.03 Å². The lowest BCUT2D eigenvalue weighted by Crippen LogP contribution is -2.37. The summed E-state index contributed by atoms with van der Waals surface area (Å²) >= 11 is 0. The maximum atomic E-state index is 12.5. The SMILES string of the molecule is O=C(Nc1cc(C2CC2)on1)N1CC=C(c2c[nH]c3ncccc23)CC1. The number of carbonyl (C=O) groups is 1. The van der Waals surface area contributed by atoms with E-state index in [2.05, 4.69) is 32.6 Å². The smallest absolute Gasteiger partial charge is 0.323 e. The van der Waals surface area contributed by atoms with Crippen LogP contribution in [0.4, 0.5) is 10.6 Å². The lowest BCUT2D eigenvalue weighted by molar-refractivity contribution is 0.216. The number of aromatic nitrogens is 3. The zero-order valence-electron chi connectivity index (χ0n) is 14.2. The number of urea groups is 1. The number of H-pyrrole nitrogens is 1. The van der Waals surface area contributed by atoms with E-state index in [9.17, 15) is 4.79 Å². The van der Waals surface area contributed by atoms with Crippen molar-refractivity contribution in [2.45, 2.75) is 25.2 Å². The average Bonchev–Trinajstić information content (AvgIpc) is 3.27. The van der Waals surface area contributed by atoms with Crippen molar-refractivity contribution in [2.75, 3.05) is 18.4 Å². The molecule has 1 aliphatic heterocycles. The second kappa shape index (κ2) is 6.01. The fraction of sp³-hybridized carbons (Fsp3) is 0.316. The highest BCUT2D eigenvalue weighted by molar-refractivity contribution is 5.92. The monoisotopic (exact) mass is 349 g/mol. The van der Waals surface area contributed by atoms with Crippen LogP contribution in [0.25, 0.3) is 16.6 Å². The molecule has 3 aromatic rings. The molecule has 0 saturated heterocycles. The molecule has 0 aromatic carbocycles. The van der Waals surface area contributed by atoms with Gasteiger partial charge in [-0.05, 0) is 37.0 Å². The van der Waals surface area contributed by atoms with E-state index in [1.165, 1.54) is 11.1 Å². The summed E-state index contributed by atoms with van der Waals surface area (Å²) in [7, 11) is 0. The number of hydrogen-bond acceptors (Lipinski definition) is 4. The van der Waals surface area contributed by atoms with Gasteiger partial charge < -0.3 is 14.4 Å². The fourth-order valence-corrected chi connectivity index (χ4v) is 3.42. The lowest BCUT2D eigenvalue weighted by atomic mass is 10.00. The molecular weight excluding hydrogens is 330 g/mol. The molecule has 5 rings (SSSR count). The van der Waals surface area contributed by atoms with Crippen LogP contribution in [0, 0.1) is 0 Å². The molecule has 0 bridgehead atoms. The second-order valence-electron chi connectivity index (χ2n) is 6.85. The number of nitrogens with zero attached hydrogens (tertiary/aromatic N) is 3. The van der Waals surface area contributed by atoms with Gasteiger partial charge in [0.2, 0.25) is 0 Å². The zero-order valence-corrected chi connectivity index (χ0v) is 14.2. The molecule has 132 valence electrons. The highest BCUT2D eigenvalue weighted by Crippen LogP contribution is 2.40. The zero-order chi connectivity index (χ0) is 17.5. The molecule has 1 saturated carbocycles. The third-order valence-electron chi connectivity index (χ3n) is 5.04. The van der Waals surface area contributed by atoms with Gasteiger partial charge in [0.05, 0.1) is 0 Å². The number of nitrogens with one attached hydrogen (secondary N) is 2. The molecular formula is C19H19N5O2. The summed E-state index contributed by atoms with van der Waals surface area (Å²) in [5.41, 5.74) is 3.30. The van der Waals surface area contributed by atoms with E-state index >= 15 is 0 Å². The van der Waals surface area contributed by atoms with Crippen LogP contribution in [0.5, 0.6) is 0 Å². The molecule has 2 N–H and O–H groups in total. The van der Waals surface area contributed by atoms with Crippen molar-refractivity contribution >= 4 is 28.5 Å². The van der Waals surface area contributed by atoms with Crippen molar-refractivity contribution < 1.29 is 9.32 Å². The summed E-state index contributed by atoms with van der Waals surface area (Å²) < 4.78 is 5.28. The summed E-state index contributed by atoms with van der Waals surface area (Å²) in [5, 5.41) is 7.89. The van der Waals surface area contributed by atoms with Gasteiger partial charge in [-0.15, -0.1) is 0 Å². The van der Waals surface area contributed by atoms with Crippen molar-refractivity contribution in [1.29, 1.82) is 0 Å². The van der Waals surface area contributed by atoms with Crippen LogP contribution < -0.4 is 5.32 Å². The largest absolute Gasteiger partial charge is 0.359 e. The fourth-order valence-electron chi connectivity index (χ4n) is 3.42. The molecule has 4 heterocycles. The Kier molecular flexibility index (Phi) is 3.51. The van der Waals surface area contributed by atoms with E-state index in [-0.39, 0.29) is 6.03 Å². The second-order valence-corrected chi connectivity index (χ2v) is 6.85. The van der Waals surface area contributed by atoms with E-state index in [1.54, 1.807) is 11.1 Å². The number of amides is 2. The highest BCUT2D eigenvalue weighted by atomic mass is 16.5. The van der Waals surface area contributed by atoms with E-state index < -0.39 is 0 Å². The van der Waals surface area contributed by atoms with Gasteiger partial charge in [-0.2, -0.15) is 0 Å². The summed E-state index contributed by atoms with van der Waals surface area (Å²) in [6.07, 6.45) is 8.98. The molecule has 0 radical (unpaired) electrons. The summed E-state index contributed by atoms with van der Waals surface area (Å²) in [4.78, 5) is 21.8. The number of anilines is 1. The minimum atomic E-state index is -0.142. The molecule has 0 spiro atoms. The molecule has 1 aliphatic carbocycles. The van der Waals surface area contributed by atoms with Crippen LogP contribution in [0.3, 0.4) is 0 Å². The molecule has 1 fully saturated rings. The van der Waals surface area contributed by atoms with E-state index in [1.807, 2.05) is 18.3 Å². The predicted octanol–water partition coefficient (Wildman–Crippen LogP) is 3.75. The highest BCUT2D eigenvalue weighted by Gasteiger charge is 2.28. The van der Waals surface area contributed by atoms with Gasteiger partial charge in [0.1, 0.15) is 11.4 Å². The Morgan fingerprint density at radius 1 is 1.38 bits per heavy atom. The Morgan fingerprint density at radius 3 is 3.12 bits per heavy atom. The van der Waals surface area contributed by atoms with Gasteiger partial charge in [-0.3, -0.25) is 5.32 Å². The van der Waals surface area contributed by atoms with Crippen LogP contribution in [-0.4, -0.2) is 39.1 Å². The quantitative estimate of drug-likeness (QED) is 0.754. The minimum absolute atomic E-state index is 0.142. The molecule has 2 aliphatic rings. The average molecular weight is 349 g/mol. The number of carbonyl (C=O) groups excluding carboxylic acids is 1. The standard InChI is InChI=1S/C19H19N5O2/c25-19(22-17-10-16(26-23-17)13-3-4-13)24-8-5-12(6-9-24)15-11-21-18-14(15)2-1-7-20-18/h1-2,5,7,10-11,13H,3-4,6,8-9H2,(H,20,21)(H,22,23,25). The molecule has 0 atom stereocenters. The van der Waals surface area contributed by atoms with E-state index in [4.69, 9.17) is 4.52 Å². The predicted molar refractivity (Wildman–Crippen MR) is 97.8 cm³/mol. The van der Waals surface area contributed by atoms with Gasteiger partial charge in [0.15, 0.2) is 5.82 Å². The van der Waals surface area contributed by atoms with Gasteiger partial charge in [-0.1, -0.05) is 11.2 Å². The minimum Gasteiger partial charge on any atom is -0.359 e. The molecule has 2 amide bonds. The van der Waals surface area contributed by atoms with Crippen molar-refractivity contribution in [3.8, 4) is 0 Å². The molecule has 0 unspecified atom stereocenters. The maximum absolute atomic E-state index is 12.5. The molecule has 3 aromatic heterocycles. The van der Waals surface area contributed by atoms with Crippen LogP contribution in [-0.2, 0) is 0 Å². The molecule has 7 nitrogen and oxygen atoms in total. The number of fused-ring (bicyclic) bond motifs is 1. The topological polar surface area (TPSA) is 87.0 Å². The van der Waals surface area contributed by atoms with Crippen LogP contribution in [0.1, 0.15) is 36.5 Å². The summed E-state index contributed by atoms with van der Waals surface area (Å²) in [5.74, 6) is 1.85. The Hall–Kier alpha value is -3.09. The van der Waals surface area contributed by atoms with Crippen molar-refractivity contribution in [1.82, 2.24) is 20.0 Å². The number of aromatic amines is 1. The Morgan fingerprint density at radius 2 is 2.31 bits per heavy atom. The first-order valence-electron chi connectivity index (χ1n) is 8.92. The first kappa shape index (κ1) is 15.2. The van der Waals surface area contributed by atoms with Crippen LogP contribution in [0.2, 0.25) is 0 Å². The summed E-state index contributed by atoms with van der Waals surface area (Å²) in [6, 6.07) is 5.70. The third kappa shape index (κ3) is 2.75. The Bertz CT molecular complexity index is 998. The lowest BCUT2D eigenvalue weighted by Gasteiger charge is -2.26. The molecule has 26 heavy (non-hydrogen) atoms. The summed E-state index contributed by atoms with van der Waals surface area (Å²) in [6.45, 7) is 1.24. The normalized spacial score (nSPS) is 17.4. The maximum Gasteiger partial charge on any atom is 0.323 e. The third-order valence-corrected chi connectivity index (χ3v) is 5.04. The molecule has 7 heteroatoms. The van der Waals surface area contributed by atoms with Crippen LogP contribution >= 0.6 is 0 Å². The van der Waals surface area contributed by atoms with E-state index in [0.717, 1.165) is 36.1 Å². The number of pyridine rings is 1. The van der Waals surface area contributed by atoms with E-state index in [0.29, 0.717) is 24.8 Å². The Balaban J connectivity index is 1.27. The van der Waals surface area contributed by atoms with Crippen LogP contribution in [0.15, 0.2) is 41.2 Å². The first-order chi connectivity index (χ1) is 12.8. The van der Waals surface area contributed by atoms with Gasteiger partial charge in [0, 0.05) is 48.4 Å². The first-order valence-corrected chi connectivity index (χ1v) is 8.92. The van der Waals surface area contributed by atoms with Crippen molar-refractivity contribution in [3.63, 3.8) is 0 Å². The number of rotatable bonds is 3.